The molecule has 0 aliphatic rings. The van der Waals surface area contributed by atoms with Crippen molar-refractivity contribution >= 4 is 11.3 Å². The molecule has 0 spiro atoms. The molecule has 1 aromatic carbocycles. The third-order valence-corrected chi connectivity index (χ3v) is 3.49. The lowest BCUT2D eigenvalue weighted by molar-refractivity contribution is 0.319. The first kappa shape index (κ1) is 14.7. The summed E-state index contributed by atoms with van der Waals surface area (Å²) in [5.41, 5.74) is 2.73. The normalized spacial score (nSPS) is 10.4. The molecular weight excluding hydrogens is 273 g/mol. The van der Waals surface area contributed by atoms with Crippen molar-refractivity contribution in [2.24, 2.45) is 0 Å². The van der Waals surface area contributed by atoms with Gasteiger partial charge >= 0.3 is 0 Å². The highest BCUT2D eigenvalue weighted by molar-refractivity contribution is 7.07. The second kappa shape index (κ2) is 7.20. The van der Waals surface area contributed by atoms with Crippen molar-refractivity contribution in [1.82, 2.24) is 4.90 Å². The van der Waals surface area contributed by atoms with E-state index in [0.717, 1.165) is 12.1 Å². The molecule has 0 bridgehead atoms. The lowest BCUT2D eigenvalue weighted by Crippen LogP contribution is -2.17. The number of benzene rings is 1. The van der Waals surface area contributed by atoms with Crippen LogP contribution in [0.25, 0.3) is 0 Å². The zero-order valence-electron chi connectivity index (χ0n) is 11.3. The molecule has 4 heteroatoms. The lowest BCUT2D eigenvalue weighted by atomic mass is 10.1. The molecular formula is C16H16FNOS. The van der Waals surface area contributed by atoms with E-state index in [2.05, 4.69) is 28.2 Å². The summed E-state index contributed by atoms with van der Waals surface area (Å²) in [6, 6.07) is 6.85. The van der Waals surface area contributed by atoms with Crippen LogP contribution in [0.5, 0.6) is 0 Å². The summed E-state index contributed by atoms with van der Waals surface area (Å²) in [5.74, 6) is 4.98. The van der Waals surface area contributed by atoms with Gasteiger partial charge in [-0.15, -0.1) is 0 Å². The molecule has 0 amide bonds. The molecule has 0 fully saturated rings. The predicted molar refractivity (Wildman–Crippen MR) is 79.9 cm³/mol. The van der Waals surface area contributed by atoms with E-state index in [0.29, 0.717) is 12.1 Å². The van der Waals surface area contributed by atoms with Gasteiger partial charge < -0.3 is 5.11 Å². The zero-order valence-corrected chi connectivity index (χ0v) is 12.1. The monoisotopic (exact) mass is 289 g/mol. The molecule has 1 N–H and O–H groups in total. The molecule has 0 saturated heterocycles. The van der Waals surface area contributed by atoms with Gasteiger partial charge in [-0.05, 0) is 53.2 Å². The summed E-state index contributed by atoms with van der Waals surface area (Å²) in [6.45, 7) is 1.27. The molecule has 0 aliphatic heterocycles. The molecule has 0 atom stereocenters. The van der Waals surface area contributed by atoms with Crippen molar-refractivity contribution in [3.05, 3.63) is 57.5 Å². The second-order valence-corrected chi connectivity index (χ2v) is 5.39. The number of hydrogen-bond donors (Lipinski definition) is 1. The van der Waals surface area contributed by atoms with E-state index in [4.69, 9.17) is 5.11 Å². The first-order chi connectivity index (χ1) is 9.67. The summed E-state index contributed by atoms with van der Waals surface area (Å²) < 4.78 is 13.5. The molecule has 2 nitrogen and oxygen atoms in total. The Kier molecular flexibility index (Phi) is 5.31. The highest BCUT2D eigenvalue weighted by Gasteiger charge is 2.05. The van der Waals surface area contributed by atoms with Crippen molar-refractivity contribution in [3.8, 4) is 11.8 Å². The maximum absolute atomic E-state index is 13.5. The second-order valence-electron chi connectivity index (χ2n) is 4.61. The maximum atomic E-state index is 13.5. The van der Waals surface area contributed by atoms with Crippen LogP contribution < -0.4 is 0 Å². The summed E-state index contributed by atoms with van der Waals surface area (Å²) >= 11 is 1.67. The van der Waals surface area contributed by atoms with Crippen LogP contribution in [0.1, 0.15) is 16.7 Å². The van der Waals surface area contributed by atoms with Crippen LogP contribution in [-0.4, -0.2) is 23.7 Å². The standard InChI is InChI=1S/C16H16FNOS/c1-18(10-14-4-6-20-12-14)11-15-7-13(3-2-5-19)8-16(17)9-15/h4,6-9,12,19H,5,10-11H2,1H3. The topological polar surface area (TPSA) is 23.5 Å². The van der Waals surface area contributed by atoms with E-state index in [1.807, 2.05) is 18.5 Å². The Morgan fingerprint density at radius 2 is 2.05 bits per heavy atom. The molecule has 0 aliphatic carbocycles. The Bertz CT molecular complexity index is 613. The van der Waals surface area contributed by atoms with Crippen LogP contribution >= 0.6 is 11.3 Å². The number of hydrogen-bond acceptors (Lipinski definition) is 3. The van der Waals surface area contributed by atoms with E-state index in [9.17, 15) is 4.39 Å². The van der Waals surface area contributed by atoms with E-state index in [1.54, 1.807) is 11.3 Å². The molecule has 2 aromatic rings. The van der Waals surface area contributed by atoms with Crippen LogP contribution in [0, 0.1) is 17.7 Å². The molecule has 104 valence electrons. The Morgan fingerprint density at radius 3 is 2.75 bits per heavy atom. The van der Waals surface area contributed by atoms with Gasteiger partial charge in [-0.2, -0.15) is 11.3 Å². The van der Waals surface area contributed by atoms with Gasteiger partial charge in [0, 0.05) is 18.7 Å². The molecule has 1 heterocycles. The minimum atomic E-state index is -0.298. The fourth-order valence-electron chi connectivity index (χ4n) is 2.02. The molecule has 2 rings (SSSR count). The average Bonchev–Trinajstić information content (AvgIpc) is 2.88. The largest absolute Gasteiger partial charge is 0.384 e. The van der Waals surface area contributed by atoms with E-state index in [-0.39, 0.29) is 12.4 Å². The Morgan fingerprint density at radius 1 is 1.25 bits per heavy atom. The van der Waals surface area contributed by atoms with Gasteiger partial charge in [0.05, 0.1) is 0 Å². The van der Waals surface area contributed by atoms with Gasteiger partial charge in [-0.1, -0.05) is 11.8 Å². The van der Waals surface area contributed by atoms with E-state index in [1.165, 1.54) is 17.7 Å². The van der Waals surface area contributed by atoms with Crippen molar-refractivity contribution in [3.63, 3.8) is 0 Å². The highest BCUT2D eigenvalue weighted by Crippen LogP contribution is 2.13. The quantitative estimate of drug-likeness (QED) is 0.875. The maximum Gasteiger partial charge on any atom is 0.124 e. The lowest BCUT2D eigenvalue weighted by Gasteiger charge is -2.16. The van der Waals surface area contributed by atoms with Crippen LogP contribution in [0.15, 0.2) is 35.0 Å². The van der Waals surface area contributed by atoms with Crippen molar-refractivity contribution in [2.45, 2.75) is 13.1 Å². The van der Waals surface area contributed by atoms with Gasteiger partial charge in [0.2, 0.25) is 0 Å². The van der Waals surface area contributed by atoms with Crippen LogP contribution in [0.2, 0.25) is 0 Å². The number of aliphatic hydroxyl groups excluding tert-OH is 1. The van der Waals surface area contributed by atoms with Crippen LogP contribution in [0.4, 0.5) is 4.39 Å². The third kappa shape index (κ3) is 4.46. The summed E-state index contributed by atoms with van der Waals surface area (Å²) in [5, 5.41) is 12.8. The fraction of sp³-hybridized carbons (Fsp3) is 0.250. The number of aliphatic hydroxyl groups is 1. The van der Waals surface area contributed by atoms with Crippen molar-refractivity contribution in [1.29, 1.82) is 0 Å². The number of rotatable bonds is 4. The van der Waals surface area contributed by atoms with Crippen LogP contribution in [-0.2, 0) is 13.1 Å². The van der Waals surface area contributed by atoms with Gasteiger partial charge in [0.25, 0.3) is 0 Å². The minimum Gasteiger partial charge on any atom is -0.384 e. The first-order valence-electron chi connectivity index (χ1n) is 6.26. The minimum absolute atomic E-state index is 0.218. The highest BCUT2D eigenvalue weighted by atomic mass is 32.1. The van der Waals surface area contributed by atoms with Gasteiger partial charge in [0.15, 0.2) is 0 Å². The summed E-state index contributed by atoms with van der Waals surface area (Å²) in [4.78, 5) is 2.13. The molecule has 0 unspecified atom stereocenters. The van der Waals surface area contributed by atoms with Crippen LogP contribution in [0.3, 0.4) is 0 Å². The van der Waals surface area contributed by atoms with E-state index < -0.39 is 0 Å². The Hall–Kier alpha value is -1.67. The Balaban J connectivity index is 2.06. The molecule has 0 saturated carbocycles. The van der Waals surface area contributed by atoms with Gasteiger partial charge in [-0.3, -0.25) is 4.90 Å². The average molecular weight is 289 g/mol. The smallest absolute Gasteiger partial charge is 0.124 e. The summed E-state index contributed by atoms with van der Waals surface area (Å²) in [7, 11) is 2.00. The first-order valence-corrected chi connectivity index (χ1v) is 7.20. The third-order valence-electron chi connectivity index (χ3n) is 2.75. The van der Waals surface area contributed by atoms with Gasteiger partial charge in [0.1, 0.15) is 12.4 Å². The fourth-order valence-corrected chi connectivity index (χ4v) is 2.68. The SMILES string of the molecule is CN(Cc1ccsc1)Cc1cc(F)cc(C#CCO)c1. The molecule has 20 heavy (non-hydrogen) atoms. The van der Waals surface area contributed by atoms with Crippen molar-refractivity contribution in [2.75, 3.05) is 13.7 Å². The summed E-state index contributed by atoms with van der Waals surface area (Å²) in [6.07, 6.45) is 0. The molecule has 1 aromatic heterocycles. The Labute approximate surface area is 122 Å². The predicted octanol–water partition coefficient (Wildman–Crippen LogP) is 2.86. The van der Waals surface area contributed by atoms with Crippen molar-refractivity contribution < 1.29 is 9.50 Å². The zero-order chi connectivity index (χ0) is 14.4. The number of nitrogens with zero attached hydrogens (tertiary/aromatic N) is 1. The number of halogens is 1. The molecule has 0 radical (unpaired) electrons. The van der Waals surface area contributed by atoms with Gasteiger partial charge in [-0.25, -0.2) is 4.39 Å². The van der Waals surface area contributed by atoms with E-state index >= 15 is 0 Å². The number of thiophene rings is 1.